The molecule has 1 aliphatic heterocycles. The topological polar surface area (TPSA) is 106 Å². The van der Waals surface area contributed by atoms with E-state index in [-0.39, 0.29) is 28.5 Å². The van der Waals surface area contributed by atoms with Gasteiger partial charge in [0.25, 0.3) is 5.91 Å². The highest BCUT2D eigenvalue weighted by Gasteiger charge is 2.35. The summed E-state index contributed by atoms with van der Waals surface area (Å²) < 4.78 is 38.4. The number of hydrogen-bond donors (Lipinski definition) is 1. The number of likely N-dealkylation sites (N-methyl/N-ethyl adjacent to an activating group) is 1. The molecule has 8 nitrogen and oxygen atoms in total. The number of hydrogen-bond acceptors (Lipinski definition) is 6. The first kappa shape index (κ1) is 22.0. The number of carbonyl (C=O) groups excluding carboxylic acids is 2. The maximum Gasteiger partial charge on any atom is 0.340 e. The van der Waals surface area contributed by atoms with Gasteiger partial charge in [-0.25, -0.2) is 17.9 Å². The largest absolute Gasteiger partial charge is 0.465 e. The van der Waals surface area contributed by atoms with Crippen LogP contribution in [0.15, 0.2) is 67.0 Å². The number of allylic oxidation sites excluding steroid dienone is 1. The summed E-state index contributed by atoms with van der Waals surface area (Å²) in [5.41, 5.74) is 0.796. The van der Waals surface area contributed by atoms with E-state index in [4.69, 9.17) is 9.15 Å². The van der Waals surface area contributed by atoms with Gasteiger partial charge >= 0.3 is 5.97 Å². The lowest BCUT2D eigenvalue weighted by Gasteiger charge is -2.08. The van der Waals surface area contributed by atoms with E-state index < -0.39 is 16.0 Å². The summed E-state index contributed by atoms with van der Waals surface area (Å²) in [4.78, 5) is 26.0. The Labute approximate surface area is 182 Å². The lowest BCUT2D eigenvalue weighted by Crippen LogP contribution is -2.22. The smallest absolute Gasteiger partial charge is 0.340 e. The van der Waals surface area contributed by atoms with Gasteiger partial charge in [-0.2, -0.15) is 0 Å². The summed E-state index contributed by atoms with van der Waals surface area (Å²) in [6.07, 6.45) is 1.44. The summed E-state index contributed by atoms with van der Waals surface area (Å²) >= 11 is 3.26. The Balaban J connectivity index is 1.79. The number of esters is 1. The van der Waals surface area contributed by atoms with Gasteiger partial charge < -0.3 is 14.1 Å². The molecule has 0 spiro atoms. The highest BCUT2D eigenvalue weighted by atomic mass is 79.9. The molecule has 0 saturated heterocycles. The second-order valence-electron chi connectivity index (χ2n) is 6.46. The van der Waals surface area contributed by atoms with Gasteiger partial charge in [0.1, 0.15) is 11.5 Å². The third-order valence-corrected chi connectivity index (χ3v) is 6.53. The summed E-state index contributed by atoms with van der Waals surface area (Å²) in [6.45, 7) is 1.57. The van der Waals surface area contributed by atoms with Crippen molar-refractivity contribution >= 4 is 43.9 Å². The molecule has 10 heteroatoms. The molecule has 158 valence electrons. The minimum absolute atomic E-state index is 0.0753. The Morgan fingerprint density at radius 1 is 1.23 bits per heavy atom. The van der Waals surface area contributed by atoms with Gasteiger partial charge in [-0.15, -0.1) is 0 Å². The van der Waals surface area contributed by atoms with E-state index in [1.165, 1.54) is 30.2 Å². The summed E-state index contributed by atoms with van der Waals surface area (Å²) in [6, 6.07) is 9.41. The van der Waals surface area contributed by atoms with E-state index >= 15 is 0 Å². The van der Waals surface area contributed by atoms with Crippen LogP contribution in [-0.2, 0) is 30.9 Å². The highest BCUT2D eigenvalue weighted by molar-refractivity contribution is 9.10. The number of furan rings is 1. The summed E-state index contributed by atoms with van der Waals surface area (Å²) in [5.74, 6) is -0.324. The van der Waals surface area contributed by atoms with Crippen molar-refractivity contribution in [2.45, 2.75) is 18.4 Å². The van der Waals surface area contributed by atoms with E-state index in [1.807, 2.05) is 0 Å². The van der Waals surface area contributed by atoms with E-state index in [0.29, 0.717) is 17.2 Å². The lowest BCUT2D eigenvalue weighted by molar-refractivity contribution is -0.136. The molecule has 2 aromatic rings. The standard InChI is InChI=1S/C20H19BrN2O6S/c1-12-18(20(25)28-3)17(19(24)23(12)2)10-14-6-7-15(29-14)11-22-30(26,27)16-8-4-13(21)5-9-16/h4-10,22H,11H2,1-3H3/b17-10+. The summed E-state index contributed by atoms with van der Waals surface area (Å²) in [7, 11) is -0.908. The number of sulfonamides is 1. The van der Waals surface area contributed by atoms with Crippen LogP contribution in [0.5, 0.6) is 0 Å². The zero-order chi connectivity index (χ0) is 22.1. The Hall–Kier alpha value is -2.69. The SMILES string of the molecule is COC(=O)C1=C(C)N(C)C(=O)/C1=C/c1ccc(CNS(=O)(=O)c2ccc(Br)cc2)o1. The molecule has 2 heterocycles. The number of nitrogens with zero attached hydrogens (tertiary/aromatic N) is 1. The zero-order valence-corrected chi connectivity index (χ0v) is 18.8. The van der Waals surface area contributed by atoms with Gasteiger partial charge in [0.15, 0.2) is 0 Å². The number of rotatable bonds is 6. The molecule has 1 aliphatic rings. The number of carbonyl (C=O) groups is 2. The number of methoxy groups -OCH3 is 1. The fourth-order valence-corrected chi connectivity index (χ4v) is 4.13. The Morgan fingerprint density at radius 2 is 1.90 bits per heavy atom. The van der Waals surface area contributed by atoms with Gasteiger partial charge in [0.05, 0.1) is 29.7 Å². The molecule has 1 amide bonds. The van der Waals surface area contributed by atoms with Crippen LogP contribution in [0.1, 0.15) is 18.4 Å². The van der Waals surface area contributed by atoms with Crippen LogP contribution in [0.25, 0.3) is 6.08 Å². The first-order valence-electron chi connectivity index (χ1n) is 8.77. The van der Waals surface area contributed by atoms with Crippen LogP contribution >= 0.6 is 15.9 Å². The molecular formula is C20H19BrN2O6S. The molecule has 3 rings (SSSR count). The van der Waals surface area contributed by atoms with Crippen molar-refractivity contribution in [2.24, 2.45) is 0 Å². The predicted octanol–water partition coefficient (Wildman–Crippen LogP) is 2.82. The molecule has 1 N–H and O–H groups in total. The van der Waals surface area contributed by atoms with Crippen molar-refractivity contribution in [3.63, 3.8) is 0 Å². The molecule has 0 aliphatic carbocycles. The first-order valence-corrected chi connectivity index (χ1v) is 11.0. The number of amides is 1. The first-order chi connectivity index (χ1) is 14.1. The third-order valence-electron chi connectivity index (χ3n) is 4.59. The average molecular weight is 495 g/mol. The molecule has 0 atom stereocenters. The van der Waals surface area contributed by atoms with E-state index in [9.17, 15) is 18.0 Å². The van der Waals surface area contributed by atoms with E-state index in [2.05, 4.69) is 20.7 Å². The predicted molar refractivity (Wildman–Crippen MR) is 112 cm³/mol. The fourth-order valence-electron chi connectivity index (χ4n) is 2.87. The average Bonchev–Trinajstić information content (AvgIpc) is 3.25. The van der Waals surface area contributed by atoms with Gasteiger partial charge in [0, 0.05) is 17.2 Å². The number of halogens is 1. The maximum absolute atomic E-state index is 12.5. The van der Waals surface area contributed by atoms with E-state index in [0.717, 1.165) is 4.47 Å². The van der Waals surface area contributed by atoms with Crippen molar-refractivity contribution in [3.05, 3.63) is 69.2 Å². The highest BCUT2D eigenvalue weighted by Crippen LogP contribution is 2.30. The Bertz CT molecular complexity index is 1160. The van der Waals surface area contributed by atoms with Gasteiger partial charge in [-0.1, -0.05) is 15.9 Å². The zero-order valence-electron chi connectivity index (χ0n) is 16.4. The quantitative estimate of drug-likeness (QED) is 0.488. The number of benzene rings is 1. The van der Waals surface area contributed by atoms with Gasteiger partial charge in [-0.05, 0) is 49.4 Å². The van der Waals surface area contributed by atoms with Crippen LogP contribution < -0.4 is 4.72 Å². The molecular weight excluding hydrogens is 476 g/mol. The van der Waals surface area contributed by atoms with Crippen LogP contribution in [-0.4, -0.2) is 39.4 Å². The second-order valence-corrected chi connectivity index (χ2v) is 9.14. The summed E-state index contributed by atoms with van der Waals surface area (Å²) in [5, 5.41) is 0. The molecule has 0 unspecified atom stereocenters. The van der Waals surface area contributed by atoms with Crippen molar-refractivity contribution in [1.29, 1.82) is 0 Å². The molecule has 30 heavy (non-hydrogen) atoms. The van der Waals surface area contributed by atoms with Crippen molar-refractivity contribution < 1.29 is 27.2 Å². The lowest BCUT2D eigenvalue weighted by atomic mass is 10.1. The van der Waals surface area contributed by atoms with Crippen molar-refractivity contribution in [1.82, 2.24) is 9.62 Å². The molecule has 1 aromatic heterocycles. The number of nitrogens with one attached hydrogen (secondary N) is 1. The normalized spacial score (nSPS) is 15.9. The van der Waals surface area contributed by atoms with Crippen molar-refractivity contribution in [3.8, 4) is 0 Å². The van der Waals surface area contributed by atoms with Gasteiger partial charge in [-0.3, -0.25) is 4.79 Å². The molecule has 1 aromatic carbocycles. The maximum atomic E-state index is 12.5. The fraction of sp³-hybridized carbons (Fsp3) is 0.200. The van der Waals surface area contributed by atoms with Gasteiger partial charge in [0.2, 0.25) is 10.0 Å². The minimum Gasteiger partial charge on any atom is -0.465 e. The minimum atomic E-state index is -3.71. The molecule has 0 radical (unpaired) electrons. The molecule has 0 saturated carbocycles. The Kier molecular flexibility index (Phi) is 6.30. The third kappa shape index (κ3) is 4.40. The van der Waals surface area contributed by atoms with Crippen molar-refractivity contribution in [2.75, 3.05) is 14.2 Å². The van der Waals surface area contributed by atoms with Crippen LogP contribution in [0.3, 0.4) is 0 Å². The van der Waals surface area contributed by atoms with Crippen LogP contribution in [0.2, 0.25) is 0 Å². The van der Waals surface area contributed by atoms with E-state index in [1.54, 1.807) is 38.2 Å². The van der Waals surface area contributed by atoms with Crippen LogP contribution in [0.4, 0.5) is 0 Å². The molecule has 0 fully saturated rings. The monoisotopic (exact) mass is 494 g/mol. The molecule has 0 bridgehead atoms. The van der Waals surface area contributed by atoms with Crippen LogP contribution in [0, 0.1) is 0 Å². The number of ether oxygens (including phenoxy) is 1. The Morgan fingerprint density at radius 3 is 2.53 bits per heavy atom. The second kappa shape index (κ2) is 8.58.